The smallest absolute Gasteiger partial charge is 0.406 e. The maximum atomic E-state index is 12.9. The molecular weight excluding hydrogens is 487 g/mol. The second kappa shape index (κ2) is 11.8. The summed E-state index contributed by atoms with van der Waals surface area (Å²) in [4.78, 5) is 39.7. The number of hydrogen-bond acceptors (Lipinski definition) is 8. The summed E-state index contributed by atoms with van der Waals surface area (Å²) >= 11 is 1.05. The third-order valence-electron chi connectivity index (χ3n) is 6.03. The van der Waals surface area contributed by atoms with Crippen molar-refractivity contribution >= 4 is 38.5 Å². The molecule has 3 rings (SSSR count). The summed E-state index contributed by atoms with van der Waals surface area (Å²) < 4.78 is 41.8. The summed E-state index contributed by atoms with van der Waals surface area (Å²) in [6.45, 7) is 0.407. The van der Waals surface area contributed by atoms with Gasteiger partial charge in [-0.05, 0) is 43.2 Å². The molecule has 1 heterocycles. The van der Waals surface area contributed by atoms with Crippen molar-refractivity contribution in [1.29, 1.82) is 0 Å². The predicted molar refractivity (Wildman–Crippen MR) is 126 cm³/mol. The van der Waals surface area contributed by atoms with E-state index in [9.17, 15) is 27.7 Å². The van der Waals surface area contributed by atoms with Gasteiger partial charge in [0.2, 0.25) is 11.8 Å². The molecule has 35 heavy (non-hydrogen) atoms. The number of nitrogens with zero attached hydrogens (tertiary/aromatic N) is 2. The maximum Gasteiger partial charge on any atom is 0.573 e. The van der Waals surface area contributed by atoms with Crippen LogP contribution >= 0.6 is 11.3 Å². The van der Waals surface area contributed by atoms with Crippen LogP contribution in [0.15, 0.2) is 23.4 Å². The number of ether oxygens (including phenoxy) is 1. The summed E-state index contributed by atoms with van der Waals surface area (Å²) in [6.07, 6.45) is 0.593. The third kappa shape index (κ3) is 8.13. The van der Waals surface area contributed by atoms with Gasteiger partial charge in [-0.3, -0.25) is 9.59 Å². The van der Waals surface area contributed by atoms with Gasteiger partial charge in [-0.2, -0.15) is 4.91 Å². The summed E-state index contributed by atoms with van der Waals surface area (Å²) in [5.41, 5.74) is 5.91. The highest BCUT2D eigenvalue weighted by Gasteiger charge is 2.35. The first-order valence-corrected chi connectivity index (χ1v) is 12.2. The summed E-state index contributed by atoms with van der Waals surface area (Å²) in [5, 5.41) is 8.64. The van der Waals surface area contributed by atoms with Gasteiger partial charge < -0.3 is 21.1 Å². The minimum atomic E-state index is -4.80. The SMILES string of the molecule is N[C@@H](CCCN=O)C(=O)NCC1(CC(=O)Nc2nc3ccc(OC(F)(F)F)cc3s2)CCCCC1. The first-order valence-electron chi connectivity index (χ1n) is 11.4. The number of amides is 2. The van der Waals surface area contributed by atoms with Crippen molar-refractivity contribution in [2.24, 2.45) is 16.3 Å². The van der Waals surface area contributed by atoms with Crippen LogP contribution in [0.2, 0.25) is 0 Å². The Morgan fingerprint density at radius 3 is 2.69 bits per heavy atom. The Balaban J connectivity index is 1.61. The number of rotatable bonds is 11. The molecule has 1 aliphatic carbocycles. The fraction of sp³-hybridized carbons (Fsp3) is 0.591. The first kappa shape index (κ1) is 26.8. The van der Waals surface area contributed by atoms with E-state index in [1.165, 1.54) is 18.2 Å². The highest BCUT2D eigenvalue weighted by Crippen LogP contribution is 2.39. The lowest BCUT2D eigenvalue weighted by atomic mass is 9.71. The zero-order chi connectivity index (χ0) is 25.5. The topological polar surface area (TPSA) is 136 Å². The normalized spacial score (nSPS) is 16.5. The van der Waals surface area contributed by atoms with Crippen molar-refractivity contribution in [3.05, 3.63) is 23.1 Å². The number of anilines is 1. The second-order valence-electron chi connectivity index (χ2n) is 8.80. The standard InChI is InChI=1S/C22H28F3N5O4S/c23-22(24,25)34-14-6-7-16-17(11-14)35-20(29-16)30-18(31)12-21(8-2-1-3-9-21)13-27-19(32)15(26)5-4-10-28-33/h6-7,11,15H,1-5,8-10,12-13,26H2,(H,27,32)(H,29,30,31)/t15-/m0/s1. The highest BCUT2D eigenvalue weighted by molar-refractivity contribution is 7.22. The molecule has 2 aromatic rings. The zero-order valence-corrected chi connectivity index (χ0v) is 19.8. The molecule has 1 aromatic carbocycles. The van der Waals surface area contributed by atoms with Crippen LogP contribution in [0.25, 0.3) is 10.2 Å². The van der Waals surface area contributed by atoms with Crippen molar-refractivity contribution in [3.8, 4) is 5.75 Å². The molecule has 1 atom stereocenters. The Bertz CT molecular complexity index is 1040. The number of nitroso groups, excluding NO2 is 1. The van der Waals surface area contributed by atoms with Gasteiger partial charge in [-0.1, -0.05) is 35.8 Å². The molecule has 192 valence electrons. The first-order chi connectivity index (χ1) is 16.6. The van der Waals surface area contributed by atoms with Crippen LogP contribution in [-0.4, -0.2) is 42.3 Å². The maximum absolute atomic E-state index is 12.9. The molecule has 1 aromatic heterocycles. The number of hydrogen-bond donors (Lipinski definition) is 3. The van der Waals surface area contributed by atoms with Gasteiger partial charge in [-0.25, -0.2) is 4.98 Å². The van der Waals surface area contributed by atoms with Crippen molar-refractivity contribution in [3.63, 3.8) is 0 Å². The van der Waals surface area contributed by atoms with Crippen molar-refractivity contribution in [1.82, 2.24) is 10.3 Å². The highest BCUT2D eigenvalue weighted by atomic mass is 32.1. The number of aromatic nitrogens is 1. The number of fused-ring (bicyclic) bond motifs is 1. The molecular formula is C22H28F3N5O4S. The molecule has 1 saturated carbocycles. The quantitative estimate of drug-likeness (QED) is 0.299. The molecule has 13 heteroatoms. The summed E-state index contributed by atoms with van der Waals surface area (Å²) in [7, 11) is 0. The summed E-state index contributed by atoms with van der Waals surface area (Å²) in [5.74, 6) is -0.971. The molecule has 1 fully saturated rings. The van der Waals surface area contributed by atoms with Gasteiger partial charge in [0.25, 0.3) is 0 Å². The largest absolute Gasteiger partial charge is 0.573 e. The lowest BCUT2D eigenvalue weighted by Crippen LogP contribution is -2.47. The Morgan fingerprint density at radius 1 is 1.26 bits per heavy atom. The number of carbonyl (C=O) groups excluding carboxylic acids is 2. The van der Waals surface area contributed by atoms with E-state index in [0.717, 1.165) is 43.4 Å². The van der Waals surface area contributed by atoms with Gasteiger partial charge in [0.15, 0.2) is 5.13 Å². The van der Waals surface area contributed by atoms with E-state index < -0.39 is 17.8 Å². The number of halogens is 3. The summed E-state index contributed by atoms with van der Waals surface area (Å²) in [6, 6.07) is 3.04. The molecule has 0 spiro atoms. The number of carbonyl (C=O) groups is 2. The average molecular weight is 516 g/mol. The molecule has 2 amide bonds. The Morgan fingerprint density at radius 2 is 2.00 bits per heavy atom. The Kier molecular flexibility index (Phi) is 9.00. The molecule has 0 bridgehead atoms. The molecule has 0 unspecified atom stereocenters. The van der Waals surface area contributed by atoms with Crippen LogP contribution in [0.1, 0.15) is 51.4 Å². The van der Waals surface area contributed by atoms with E-state index in [4.69, 9.17) is 5.73 Å². The van der Waals surface area contributed by atoms with E-state index in [-0.39, 0.29) is 35.7 Å². The third-order valence-corrected chi connectivity index (χ3v) is 6.96. The van der Waals surface area contributed by atoms with Gasteiger partial charge >= 0.3 is 6.36 Å². The lowest BCUT2D eigenvalue weighted by molar-refractivity contribution is -0.274. The minimum absolute atomic E-state index is 0.105. The van der Waals surface area contributed by atoms with Crippen LogP contribution in [0, 0.1) is 10.3 Å². The molecule has 0 radical (unpaired) electrons. The van der Waals surface area contributed by atoms with Crippen LogP contribution in [0.5, 0.6) is 5.75 Å². The van der Waals surface area contributed by atoms with Crippen LogP contribution < -0.4 is 21.1 Å². The van der Waals surface area contributed by atoms with Crippen molar-refractivity contribution in [2.75, 3.05) is 18.4 Å². The lowest BCUT2D eigenvalue weighted by Gasteiger charge is -2.37. The minimum Gasteiger partial charge on any atom is -0.406 e. The average Bonchev–Trinajstić information content (AvgIpc) is 3.18. The van der Waals surface area contributed by atoms with Crippen LogP contribution in [0.4, 0.5) is 18.3 Å². The fourth-order valence-corrected chi connectivity index (χ4v) is 5.20. The molecule has 9 nitrogen and oxygen atoms in total. The number of thiazole rings is 1. The number of nitrogens with two attached hydrogens (primary N) is 1. The van der Waals surface area contributed by atoms with Crippen LogP contribution in [-0.2, 0) is 9.59 Å². The Labute approximate surface area is 204 Å². The van der Waals surface area contributed by atoms with Gasteiger partial charge in [-0.15, -0.1) is 13.2 Å². The van der Waals surface area contributed by atoms with Crippen molar-refractivity contribution in [2.45, 2.75) is 63.8 Å². The van der Waals surface area contributed by atoms with Crippen molar-refractivity contribution < 1.29 is 27.5 Å². The van der Waals surface area contributed by atoms with Crippen LogP contribution in [0.3, 0.4) is 0 Å². The number of alkyl halides is 3. The van der Waals surface area contributed by atoms with E-state index >= 15 is 0 Å². The van der Waals surface area contributed by atoms with Gasteiger partial charge in [0, 0.05) is 19.0 Å². The van der Waals surface area contributed by atoms with Gasteiger partial charge in [0.1, 0.15) is 5.75 Å². The van der Waals surface area contributed by atoms with E-state index in [2.05, 4.69) is 25.5 Å². The van der Waals surface area contributed by atoms with Gasteiger partial charge in [0.05, 0.1) is 22.8 Å². The fourth-order valence-electron chi connectivity index (χ4n) is 4.29. The Hall–Kier alpha value is -2.80. The number of benzene rings is 1. The number of nitrogens with one attached hydrogen (secondary N) is 2. The predicted octanol–water partition coefficient (Wildman–Crippen LogP) is 4.46. The van der Waals surface area contributed by atoms with E-state index in [0.29, 0.717) is 29.6 Å². The van der Waals surface area contributed by atoms with E-state index in [1.807, 2.05) is 0 Å². The second-order valence-corrected chi connectivity index (χ2v) is 9.83. The van der Waals surface area contributed by atoms with E-state index in [1.54, 1.807) is 0 Å². The molecule has 4 N–H and O–H groups in total. The monoisotopic (exact) mass is 515 g/mol. The molecule has 0 aliphatic heterocycles. The molecule has 0 saturated heterocycles. The molecule has 1 aliphatic rings. The zero-order valence-electron chi connectivity index (χ0n) is 19.0.